The van der Waals surface area contributed by atoms with Gasteiger partial charge in [-0.15, -0.1) is 0 Å². The number of anilines is 1. The number of benzene rings is 2. The van der Waals surface area contributed by atoms with Gasteiger partial charge in [0.2, 0.25) is 0 Å². The van der Waals surface area contributed by atoms with Crippen LogP contribution in [0.25, 0.3) is 10.9 Å². The van der Waals surface area contributed by atoms with E-state index in [1.807, 2.05) is 43.3 Å². The largest absolute Gasteiger partial charge is 0.357 e. The third-order valence-electron chi connectivity index (χ3n) is 3.22. The van der Waals surface area contributed by atoms with Gasteiger partial charge < -0.3 is 10.3 Å². The minimum Gasteiger partial charge on any atom is -0.357 e. The van der Waals surface area contributed by atoms with Crippen molar-refractivity contribution in [3.8, 4) is 0 Å². The van der Waals surface area contributed by atoms with E-state index < -0.39 is 0 Å². The number of rotatable bonds is 2. The van der Waals surface area contributed by atoms with Crippen molar-refractivity contribution in [2.45, 2.75) is 6.92 Å². The van der Waals surface area contributed by atoms with E-state index >= 15 is 0 Å². The second-order valence-corrected chi connectivity index (χ2v) is 5.55. The zero-order valence-corrected chi connectivity index (χ0v) is 12.5. The molecule has 0 bridgehead atoms. The molecular weight excluding hydrogens is 316 g/mol. The van der Waals surface area contributed by atoms with Crippen LogP contribution in [0.3, 0.4) is 0 Å². The average Bonchev–Trinajstić information content (AvgIpc) is 2.76. The van der Waals surface area contributed by atoms with E-state index in [-0.39, 0.29) is 5.91 Å². The molecule has 0 spiro atoms. The summed E-state index contributed by atoms with van der Waals surface area (Å²) in [6, 6.07) is 15.2. The number of amides is 1. The fourth-order valence-electron chi connectivity index (χ4n) is 2.24. The molecule has 3 rings (SSSR count). The first-order valence-electron chi connectivity index (χ1n) is 6.29. The highest BCUT2D eigenvalue weighted by molar-refractivity contribution is 9.10. The Balaban J connectivity index is 2.00. The van der Waals surface area contributed by atoms with Crippen LogP contribution >= 0.6 is 15.9 Å². The monoisotopic (exact) mass is 328 g/mol. The molecule has 1 amide bonds. The predicted molar refractivity (Wildman–Crippen MR) is 85.1 cm³/mol. The molecule has 2 aromatic carbocycles. The summed E-state index contributed by atoms with van der Waals surface area (Å²) in [6.07, 6.45) is 0. The molecule has 0 saturated carbocycles. The number of aromatic nitrogens is 1. The molecule has 0 aliphatic heterocycles. The number of carbonyl (C=O) groups excluding carboxylic acids is 1. The van der Waals surface area contributed by atoms with Crippen LogP contribution in [0.4, 0.5) is 5.69 Å². The minimum atomic E-state index is -0.102. The van der Waals surface area contributed by atoms with Crippen molar-refractivity contribution in [3.63, 3.8) is 0 Å². The number of hydrogen-bond acceptors (Lipinski definition) is 1. The Bertz CT molecular complexity index is 778. The van der Waals surface area contributed by atoms with Crippen LogP contribution in [0, 0.1) is 6.92 Å². The summed E-state index contributed by atoms with van der Waals surface area (Å²) in [4.78, 5) is 15.5. The molecule has 100 valence electrons. The maximum Gasteiger partial charge on any atom is 0.255 e. The van der Waals surface area contributed by atoms with Crippen LogP contribution in [0.1, 0.15) is 16.1 Å². The molecule has 4 heteroatoms. The third-order valence-corrected chi connectivity index (χ3v) is 3.72. The summed E-state index contributed by atoms with van der Waals surface area (Å²) in [5.74, 6) is -0.102. The molecule has 0 atom stereocenters. The number of aryl methyl sites for hydroxylation is 1. The lowest BCUT2D eigenvalue weighted by Crippen LogP contribution is -2.12. The zero-order valence-electron chi connectivity index (χ0n) is 10.9. The highest BCUT2D eigenvalue weighted by Crippen LogP contribution is 2.30. The van der Waals surface area contributed by atoms with Crippen LogP contribution in [0.5, 0.6) is 0 Å². The van der Waals surface area contributed by atoms with E-state index in [4.69, 9.17) is 0 Å². The van der Waals surface area contributed by atoms with Gasteiger partial charge in [0.15, 0.2) is 0 Å². The molecule has 2 N–H and O–H groups in total. The first-order valence-corrected chi connectivity index (χ1v) is 7.08. The Labute approximate surface area is 125 Å². The summed E-state index contributed by atoms with van der Waals surface area (Å²) >= 11 is 3.46. The molecule has 0 saturated heterocycles. The molecule has 20 heavy (non-hydrogen) atoms. The van der Waals surface area contributed by atoms with Crippen molar-refractivity contribution in [2.24, 2.45) is 0 Å². The fourth-order valence-corrected chi connectivity index (χ4v) is 2.60. The maximum absolute atomic E-state index is 12.3. The number of fused-ring (bicyclic) bond motifs is 1. The smallest absolute Gasteiger partial charge is 0.255 e. The van der Waals surface area contributed by atoms with Gasteiger partial charge >= 0.3 is 0 Å². The van der Waals surface area contributed by atoms with E-state index in [0.29, 0.717) is 5.56 Å². The van der Waals surface area contributed by atoms with Crippen LogP contribution < -0.4 is 5.32 Å². The second-order valence-electron chi connectivity index (χ2n) is 4.64. The molecule has 0 aliphatic rings. The molecular formula is C16H13BrN2O. The van der Waals surface area contributed by atoms with Gasteiger partial charge in [0.1, 0.15) is 0 Å². The van der Waals surface area contributed by atoms with Crippen LogP contribution in [0.15, 0.2) is 53.0 Å². The SMILES string of the molecule is Cc1[nH]c2ccc(Br)cc2c1NC(=O)c1ccccc1. The third kappa shape index (κ3) is 2.34. The molecule has 0 fully saturated rings. The normalized spacial score (nSPS) is 10.7. The van der Waals surface area contributed by atoms with E-state index in [2.05, 4.69) is 26.2 Å². The molecule has 0 aliphatic carbocycles. The summed E-state index contributed by atoms with van der Waals surface area (Å²) in [7, 11) is 0. The number of aromatic amines is 1. The Morgan fingerprint density at radius 3 is 2.65 bits per heavy atom. The Morgan fingerprint density at radius 1 is 1.15 bits per heavy atom. The van der Waals surface area contributed by atoms with E-state index in [0.717, 1.165) is 26.8 Å². The van der Waals surface area contributed by atoms with Gasteiger partial charge in [-0.1, -0.05) is 34.1 Å². The quantitative estimate of drug-likeness (QED) is 0.715. The zero-order chi connectivity index (χ0) is 14.1. The van der Waals surface area contributed by atoms with Crippen molar-refractivity contribution in [1.82, 2.24) is 4.98 Å². The summed E-state index contributed by atoms with van der Waals surface area (Å²) < 4.78 is 0.985. The summed E-state index contributed by atoms with van der Waals surface area (Å²) in [6.45, 7) is 1.95. The lowest BCUT2D eigenvalue weighted by atomic mass is 10.2. The Hall–Kier alpha value is -2.07. The molecule has 0 unspecified atom stereocenters. The van der Waals surface area contributed by atoms with Gasteiger partial charge in [0, 0.05) is 26.6 Å². The van der Waals surface area contributed by atoms with Gasteiger partial charge in [-0.3, -0.25) is 4.79 Å². The lowest BCUT2D eigenvalue weighted by Gasteiger charge is -2.05. The standard InChI is InChI=1S/C16H13BrN2O/c1-10-15(13-9-12(17)7-8-14(13)18-10)19-16(20)11-5-3-2-4-6-11/h2-9,18H,1H3,(H,19,20). The Morgan fingerprint density at radius 2 is 1.90 bits per heavy atom. The molecule has 3 nitrogen and oxygen atoms in total. The lowest BCUT2D eigenvalue weighted by molar-refractivity contribution is 0.102. The van der Waals surface area contributed by atoms with Gasteiger partial charge in [-0.05, 0) is 37.3 Å². The second kappa shape index (κ2) is 5.13. The van der Waals surface area contributed by atoms with E-state index in [1.54, 1.807) is 12.1 Å². The van der Waals surface area contributed by atoms with Crippen molar-refractivity contribution in [2.75, 3.05) is 5.32 Å². The summed E-state index contributed by atoms with van der Waals surface area (Å²) in [5.41, 5.74) is 3.43. The fraction of sp³-hybridized carbons (Fsp3) is 0.0625. The van der Waals surface area contributed by atoms with Gasteiger partial charge in [0.05, 0.1) is 5.69 Å². The van der Waals surface area contributed by atoms with E-state index in [1.165, 1.54) is 0 Å². The van der Waals surface area contributed by atoms with Gasteiger partial charge in [-0.2, -0.15) is 0 Å². The highest BCUT2D eigenvalue weighted by atomic mass is 79.9. The van der Waals surface area contributed by atoms with Gasteiger partial charge in [0.25, 0.3) is 5.91 Å². The van der Waals surface area contributed by atoms with Crippen molar-refractivity contribution >= 4 is 38.4 Å². The van der Waals surface area contributed by atoms with Crippen molar-refractivity contribution in [3.05, 3.63) is 64.3 Å². The Kier molecular flexibility index (Phi) is 3.32. The van der Waals surface area contributed by atoms with E-state index in [9.17, 15) is 4.79 Å². The number of nitrogens with one attached hydrogen (secondary N) is 2. The number of halogens is 1. The number of H-pyrrole nitrogens is 1. The molecule has 1 heterocycles. The maximum atomic E-state index is 12.3. The molecule has 3 aromatic rings. The average molecular weight is 329 g/mol. The number of carbonyl (C=O) groups is 1. The van der Waals surface area contributed by atoms with Crippen molar-refractivity contribution in [1.29, 1.82) is 0 Å². The van der Waals surface area contributed by atoms with Crippen LogP contribution in [-0.4, -0.2) is 10.9 Å². The minimum absolute atomic E-state index is 0.102. The first kappa shape index (κ1) is 12.9. The topological polar surface area (TPSA) is 44.9 Å². The van der Waals surface area contributed by atoms with Gasteiger partial charge in [-0.25, -0.2) is 0 Å². The first-order chi connectivity index (χ1) is 9.65. The summed E-state index contributed by atoms with van der Waals surface area (Å²) in [5, 5.41) is 3.99. The molecule has 0 radical (unpaired) electrons. The highest BCUT2D eigenvalue weighted by Gasteiger charge is 2.12. The van der Waals surface area contributed by atoms with Crippen LogP contribution in [0.2, 0.25) is 0 Å². The molecule has 1 aromatic heterocycles. The van der Waals surface area contributed by atoms with Crippen LogP contribution in [-0.2, 0) is 0 Å². The van der Waals surface area contributed by atoms with Crippen molar-refractivity contribution < 1.29 is 4.79 Å². The number of hydrogen-bond donors (Lipinski definition) is 2. The predicted octanol–water partition coefficient (Wildman–Crippen LogP) is 4.49.